The van der Waals surface area contributed by atoms with Crippen molar-refractivity contribution in [2.45, 2.75) is 50.4 Å². The number of nitrogens with one attached hydrogen (secondary N) is 1. The molecule has 10 heteroatoms. The molecule has 4 nitrogen and oxygen atoms in total. The number of piperidine rings is 1. The van der Waals surface area contributed by atoms with E-state index in [-0.39, 0.29) is 29.7 Å². The van der Waals surface area contributed by atoms with E-state index in [9.17, 15) is 26.7 Å². The van der Waals surface area contributed by atoms with Crippen LogP contribution in [-0.2, 0) is 12.7 Å². The number of nitrogens with zero attached hydrogens (tertiary/aromatic N) is 1. The SMILES string of the molecule is CSNC(=O)c1cc(C2CC2)c(OC2CCCN(Cc3cc(F)ccc3C(F)(F)F)C2)cc1F. The van der Waals surface area contributed by atoms with Crippen molar-refractivity contribution in [1.29, 1.82) is 0 Å². The van der Waals surface area contributed by atoms with E-state index in [1.165, 1.54) is 12.1 Å². The molecule has 184 valence electrons. The highest BCUT2D eigenvalue weighted by molar-refractivity contribution is 7.97. The van der Waals surface area contributed by atoms with E-state index in [1.54, 1.807) is 11.2 Å². The van der Waals surface area contributed by atoms with E-state index in [2.05, 4.69) is 4.72 Å². The predicted molar refractivity (Wildman–Crippen MR) is 120 cm³/mol. The molecule has 1 aliphatic heterocycles. The van der Waals surface area contributed by atoms with Crippen molar-refractivity contribution in [3.8, 4) is 5.75 Å². The lowest BCUT2D eigenvalue weighted by Gasteiger charge is -2.34. The number of ether oxygens (including phenoxy) is 1. The molecule has 1 aliphatic carbocycles. The first-order valence-corrected chi connectivity index (χ1v) is 12.3. The molecule has 4 rings (SSSR count). The van der Waals surface area contributed by atoms with Crippen molar-refractivity contribution in [3.63, 3.8) is 0 Å². The fraction of sp³-hybridized carbons (Fsp3) is 0.458. The van der Waals surface area contributed by atoms with Gasteiger partial charge in [-0.05, 0) is 73.5 Å². The summed E-state index contributed by atoms with van der Waals surface area (Å²) in [6.45, 7) is 0.809. The number of alkyl halides is 3. The van der Waals surface area contributed by atoms with Crippen LogP contribution < -0.4 is 9.46 Å². The molecule has 1 saturated carbocycles. The quantitative estimate of drug-likeness (QED) is 0.379. The normalized spacial score (nSPS) is 19.2. The molecule has 2 aliphatic rings. The molecule has 1 saturated heterocycles. The lowest BCUT2D eigenvalue weighted by atomic mass is 10.0. The standard InChI is InChI=1S/C24H25F5N2O2S/c1-34-30-23(32)19-10-18(14-4-5-14)22(11-21(19)26)33-17-3-2-8-31(13-17)12-15-9-16(25)6-7-20(15)24(27,28)29/h6-7,9-11,14,17H,2-5,8,12-13H2,1H3,(H,30,32). The van der Waals surface area contributed by atoms with Gasteiger partial charge in [-0.2, -0.15) is 13.2 Å². The summed E-state index contributed by atoms with van der Waals surface area (Å²) in [4.78, 5) is 14.0. The molecule has 0 aromatic heterocycles. The third kappa shape index (κ3) is 5.83. The van der Waals surface area contributed by atoms with E-state index in [4.69, 9.17) is 4.74 Å². The van der Waals surface area contributed by atoms with Crippen molar-refractivity contribution < 1.29 is 31.5 Å². The largest absolute Gasteiger partial charge is 0.489 e. The van der Waals surface area contributed by atoms with E-state index >= 15 is 0 Å². The van der Waals surface area contributed by atoms with Crippen LogP contribution in [0.4, 0.5) is 22.0 Å². The number of rotatable bonds is 7. The van der Waals surface area contributed by atoms with E-state index < -0.39 is 29.3 Å². The summed E-state index contributed by atoms with van der Waals surface area (Å²) in [5.74, 6) is -1.36. The van der Waals surface area contributed by atoms with Crippen LogP contribution in [0.5, 0.6) is 5.75 Å². The Morgan fingerprint density at radius 3 is 2.62 bits per heavy atom. The van der Waals surface area contributed by atoms with Gasteiger partial charge in [0.15, 0.2) is 0 Å². The van der Waals surface area contributed by atoms with Gasteiger partial charge in [-0.1, -0.05) is 11.9 Å². The summed E-state index contributed by atoms with van der Waals surface area (Å²) >= 11 is 1.08. The Morgan fingerprint density at radius 2 is 1.94 bits per heavy atom. The minimum absolute atomic E-state index is 0.0420. The molecule has 34 heavy (non-hydrogen) atoms. The fourth-order valence-electron chi connectivity index (χ4n) is 4.35. The summed E-state index contributed by atoms with van der Waals surface area (Å²) in [5, 5.41) is 0. The number of halogens is 5. The van der Waals surface area contributed by atoms with Gasteiger partial charge in [0.2, 0.25) is 0 Å². The maximum Gasteiger partial charge on any atom is 0.416 e. The highest BCUT2D eigenvalue weighted by Gasteiger charge is 2.35. The Labute approximate surface area is 199 Å². The predicted octanol–water partition coefficient (Wildman–Crippen LogP) is 5.91. The molecular formula is C24H25F5N2O2S. The molecule has 1 heterocycles. The van der Waals surface area contributed by atoms with Gasteiger partial charge < -0.3 is 4.74 Å². The zero-order valence-corrected chi connectivity index (χ0v) is 19.4. The van der Waals surface area contributed by atoms with Gasteiger partial charge in [0.25, 0.3) is 5.91 Å². The molecule has 2 aromatic rings. The zero-order valence-electron chi connectivity index (χ0n) is 18.6. The molecule has 0 radical (unpaired) electrons. The number of amides is 1. The molecule has 0 bridgehead atoms. The van der Waals surface area contributed by atoms with Crippen molar-refractivity contribution in [2.75, 3.05) is 19.3 Å². The topological polar surface area (TPSA) is 41.6 Å². The van der Waals surface area contributed by atoms with Crippen LogP contribution in [0.2, 0.25) is 0 Å². The molecule has 1 atom stereocenters. The van der Waals surface area contributed by atoms with E-state index in [0.717, 1.165) is 48.6 Å². The molecular weight excluding hydrogens is 475 g/mol. The second-order valence-corrected chi connectivity index (χ2v) is 9.31. The lowest BCUT2D eigenvalue weighted by Crippen LogP contribution is -2.41. The van der Waals surface area contributed by atoms with Gasteiger partial charge in [0, 0.05) is 25.4 Å². The number of hydrogen-bond acceptors (Lipinski definition) is 4. The fourth-order valence-corrected chi connectivity index (χ4v) is 4.65. The molecule has 1 unspecified atom stereocenters. The Balaban J connectivity index is 1.50. The Bertz CT molecular complexity index is 1060. The number of carbonyl (C=O) groups excluding carboxylic acids is 1. The van der Waals surface area contributed by atoms with Crippen molar-refractivity contribution in [2.24, 2.45) is 0 Å². The highest BCUT2D eigenvalue weighted by atomic mass is 32.2. The summed E-state index contributed by atoms with van der Waals surface area (Å²) in [7, 11) is 0. The molecule has 2 aromatic carbocycles. The van der Waals surface area contributed by atoms with Crippen LogP contribution in [0.3, 0.4) is 0 Å². The van der Waals surface area contributed by atoms with Crippen LogP contribution in [0.25, 0.3) is 0 Å². The molecule has 1 N–H and O–H groups in total. The maximum absolute atomic E-state index is 14.7. The van der Waals surface area contributed by atoms with Crippen LogP contribution in [0.15, 0.2) is 30.3 Å². The zero-order chi connectivity index (χ0) is 24.5. The van der Waals surface area contributed by atoms with Gasteiger partial charge in [-0.15, -0.1) is 0 Å². The smallest absolute Gasteiger partial charge is 0.416 e. The van der Waals surface area contributed by atoms with E-state index in [1.807, 2.05) is 0 Å². The third-order valence-corrected chi connectivity index (χ3v) is 6.47. The van der Waals surface area contributed by atoms with Crippen LogP contribution in [0, 0.1) is 11.6 Å². The van der Waals surface area contributed by atoms with Crippen LogP contribution >= 0.6 is 11.9 Å². The van der Waals surface area contributed by atoms with Gasteiger partial charge in [-0.3, -0.25) is 14.4 Å². The van der Waals surface area contributed by atoms with Gasteiger partial charge in [-0.25, -0.2) is 8.78 Å². The first-order valence-electron chi connectivity index (χ1n) is 11.1. The van der Waals surface area contributed by atoms with E-state index in [0.29, 0.717) is 31.7 Å². The van der Waals surface area contributed by atoms with Crippen molar-refractivity contribution in [1.82, 2.24) is 9.62 Å². The average molecular weight is 501 g/mol. The first-order chi connectivity index (χ1) is 16.2. The first kappa shape index (κ1) is 24.8. The number of likely N-dealkylation sites (tertiary alicyclic amines) is 1. The van der Waals surface area contributed by atoms with Crippen LogP contribution in [0.1, 0.15) is 58.6 Å². The number of carbonyl (C=O) groups is 1. The second-order valence-electron chi connectivity index (χ2n) is 8.70. The average Bonchev–Trinajstić information content (AvgIpc) is 3.59. The maximum atomic E-state index is 14.7. The summed E-state index contributed by atoms with van der Waals surface area (Å²) in [6.07, 6.45) is -0.0894. The lowest BCUT2D eigenvalue weighted by molar-refractivity contribution is -0.138. The molecule has 0 spiro atoms. The second kappa shape index (κ2) is 10.1. The summed E-state index contributed by atoms with van der Waals surface area (Å²) in [6, 6.07) is 5.27. The Kier molecular flexibility index (Phi) is 7.37. The number of benzene rings is 2. The Morgan fingerprint density at radius 1 is 1.18 bits per heavy atom. The number of hydrogen-bond donors (Lipinski definition) is 1. The monoisotopic (exact) mass is 500 g/mol. The third-order valence-electron chi connectivity index (χ3n) is 6.08. The minimum Gasteiger partial charge on any atom is -0.489 e. The molecule has 1 amide bonds. The summed E-state index contributed by atoms with van der Waals surface area (Å²) < 4.78 is 77.1. The van der Waals surface area contributed by atoms with Gasteiger partial charge in [0.05, 0.1) is 11.1 Å². The van der Waals surface area contributed by atoms with Crippen LogP contribution in [-0.4, -0.2) is 36.3 Å². The molecule has 2 fully saturated rings. The van der Waals surface area contributed by atoms with Gasteiger partial charge in [0.1, 0.15) is 23.5 Å². The van der Waals surface area contributed by atoms with Crippen molar-refractivity contribution in [3.05, 3.63) is 64.2 Å². The van der Waals surface area contributed by atoms with Crippen molar-refractivity contribution >= 4 is 17.9 Å². The van der Waals surface area contributed by atoms with Gasteiger partial charge >= 0.3 is 6.18 Å². The highest BCUT2D eigenvalue weighted by Crippen LogP contribution is 2.45. The Hall–Kier alpha value is -2.33. The summed E-state index contributed by atoms with van der Waals surface area (Å²) in [5.41, 5.74) is -0.245. The minimum atomic E-state index is -4.57.